The van der Waals surface area contributed by atoms with E-state index in [0.717, 1.165) is 99.5 Å². The van der Waals surface area contributed by atoms with E-state index in [1.807, 2.05) is 6.26 Å². The first-order valence-electron chi connectivity index (χ1n) is 10.9. The van der Waals surface area contributed by atoms with Crippen LogP contribution < -0.4 is 4.90 Å². The number of halogens is 1. The van der Waals surface area contributed by atoms with E-state index in [0.29, 0.717) is 6.61 Å². The van der Waals surface area contributed by atoms with Gasteiger partial charge in [0.25, 0.3) is 0 Å². The van der Waals surface area contributed by atoms with Gasteiger partial charge < -0.3 is 14.4 Å². The summed E-state index contributed by atoms with van der Waals surface area (Å²) in [5, 5.41) is 10.6. The van der Waals surface area contributed by atoms with E-state index in [1.54, 1.807) is 11.8 Å². The number of nitrogens with zero attached hydrogens (tertiary/aromatic N) is 5. The highest BCUT2D eigenvalue weighted by Crippen LogP contribution is 2.38. The molecule has 31 heavy (non-hydrogen) atoms. The molecule has 0 aliphatic carbocycles. The molecule has 0 bridgehead atoms. The highest BCUT2D eigenvalue weighted by molar-refractivity contribution is 7.98. The van der Waals surface area contributed by atoms with Crippen molar-refractivity contribution in [1.82, 2.24) is 14.8 Å². The quantitative estimate of drug-likeness (QED) is 0.611. The van der Waals surface area contributed by atoms with Crippen LogP contribution in [0.2, 0.25) is 0 Å². The largest absolute Gasteiger partial charge is 0.379 e. The van der Waals surface area contributed by atoms with Crippen LogP contribution in [-0.2, 0) is 22.5 Å². The molecular weight excluding hydrogens is 434 g/mol. The third kappa shape index (κ3) is 5.65. The zero-order valence-corrected chi connectivity index (χ0v) is 20.5. The normalized spacial score (nSPS) is 21.8. The fourth-order valence-corrected chi connectivity index (χ4v) is 5.09. The van der Waals surface area contributed by atoms with Gasteiger partial charge in [0.05, 0.1) is 31.0 Å². The summed E-state index contributed by atoms with van der Waals surface area (Å²) in [6.07, 6.45) is 2.77. The maximum atomic E-state index is 9.80. The van der Waals surface area contributed by atoms with Gasteiger partial charge in [-0.05, 0) is 25.7 Å². The zero-order valence-electron chi connectivity index (χ0n) is 18.9. The highest BCUT2D eigenvalue weighted by atomic mass is 35.5. The Morgan fingerprint density at radius 1 is 1.03 bits per heavy atom. The standard InChI is InChI=1S/C22H33N5O2S.ClH/c1-22(2)14-17-18(15-23)21(30-3)24-20(19(17)16-29-22)27-8-6-25(7-9-27)4-5-26-10-12-28-13-11-26;/h4-14,16H2,1-3H3;1H. The van der Waals surface area contributed by atoms with Crippen molar-refractivity contribution in [2.24, 2.45) is 0 Å². The number of thioether (sulfide) groups is 1. The van der Waals surface area contributed by atoms with E-state index in [4.69, 9.17) is 14.5 Å². The Labute approximate surface area is 196 Å². The second kappa shape index (κ2) is 10.7. The molecule has 172 valence electrons. The molecule has 0 aromatic carbocycles. The first-order valence-corrected chi connectivity index (χ1v) is 12.1. The Balaban J connectivity index is 0.00000272. The van der Waals surface area contributed by atoms with E-state index in [1.165, 1.54) is 0 Å². The van der Waals surface area contributed by atoms with Gasteiger partial charge >= 0.3 is 0 Å². The van der Waals surface area contributed by atoms with Crippen molar-refractivity contribution in [3.8, 4) is 6.07 Å². The molecule has 2 fully saturated rings. The van der Waals surface area contributed by atoms with Crippen molar-refractivity contribution < 1.29 is 9.47 Å². The summed E-state index contributed by atoms with van der Waals surface area (Å²) < 4.78 is 11.6. The van der Waals surface area contributed by atoms with Crippen LogP contribution in [0.25, 0.3) is 0 Å². The lowest BCUT2D eigenvalue weighted by atomic mass is 9.89. The molecule has 3 aliphatic heterocycles. The third-order valence-corrected chi connectivity index (χ3v) is 7.06. The molecule has 4 heterocycles. The lowest BCUT2D eigenvalue weighted by Crippen LogP contribution is -2.50. The number of ether oxygens (including phenoxy) is 2. The second-order valence-electron chi connectivity index (χ2n) is 8.90. The van der Waals surface area contributed by atoms with Crippen molar-refractivity contribution in [3.05, 3.63) is 16.7 Å². The van der Waals surface area contributed by atoms with Crippen LogP contribution in [0.5, 0.6) is 0 Å². The molecule has 2 saturated heterocycles. The number of rotatable bonds is 5. The van der Waals surface area contributed by atoms with Crippen LogP contribution in [-0.4, -0.2) is 92.2 Å². The van der Waals surface area contributed by atoms with E-state index < -0.39 is 0 Å². The van der Waals surface area contributed by atoms with Gasteiger partial charge in [-0.2, -0.15) is 5.26 Å². The number of hydrogen-bond donors (Lipinski definition) is 0. The Bertz CT molecular complexity index is 802. The Morgan fingerprint density at radius 2 is 1.68 bits per heavy atom. The predicted molar refractivity (Wildman–Crippen MR) is 126 cm³/mol. The molecular formula is C22H34ClN5O2S. The lowest BCUT2D eigenvalue weighted by Gasteiger charge is -2.40. The topological polar surface area (TPSA) is 64.9 Å². The lowest BCUT2D eigenvalue weighted by molar-refractivity contribution is -0.0402. The third-order valence-electron chi connectivity index (χ3n) is 6.38. The van der Waals surface area contributed by atoms with Gasteiger partial charge in [0.2, 0.25) is 0 Å². The van der Waals surface area contributed by atoms with Gasteiger partial charge in [-0.1, -0.05) is 0 Å². The number of aromatic nitrogens is 1. The van der Waals surface area contributed by atoms with Gasteiger partial charge in [-0.15, -0.1) is 24.2 Å². The molecule has 9 heteroatoms. The maximum absolute atomic E-state index is 9.80. The molecule has 0 unspecified atom stereocenters. The molecule has 1 aromatic rings. The summed E-state index contributed by atoms with van der Waals surface area (Å²) in [5.41, 5.74) is 2.75. The summed E-state index contributed by atoms with van der Waals surface area (Å²) in [5.74, 6) is 1.02. The van der Waals surface area contributed by atoms with Crippen LogP contribution in [0.15, 0.2) is 5.03 Å². The van der Waals surface area contributed by atoms with Crippen LogP contribution in [0.4, 0.5) is 5.82 Å². The minimum absolute atomic E-state index is 0. The summed E-state index contributed by atoms with van der Waals surface area (Å²) >= 11 is 1.57. The zero-order chi connectivity index (χ0) is 21.1. The average molecular weight is 468 g/mol. The molecule has 1 aromatic heterocycles. The van der Waals surface area contributed by atoms with Gasteiger partial charge in [-0.3, -0.25) is 9.80 Å². The first kappa shape index (κ1) is 24.6. The van der Waals surface area contributed by atoms with Crippen LogP contribution >= 0.6 is 24.2 Å². The maximum Gasteiger partial charge on any atom is 0.135 e. The van der Waals surface area contributed by atoms with Crippen LogP contribution in [0, 0.1) is 11.3 Å². The van der Waals surface area contributed by atoms with E-state index >= 15 is 0 Å². The fraction of sp³-hybridized carbons (Fsp3) is 0.727. The number of piperazine rings is 1. The summed E-state index contributed by atoms with van der Waals surface area (Å²) in [4.78, 5) is 12.4. The van der Waals surface area contributed by atoms with Crippen molar-refractivity contribution in [1.29, 1.82) is 5.26 Å². The predicted octanol–water partition coefficient (Wildman–Crippen LogP) is 2.40. The van der Waals surface area contributed by atoms with Gasteiger partial charge in [0.15, 0.2) is 0 Å². The first-order chi connectivity index (χ1) is 14.5. The van der Waals surface area contributed by atoms with Crippen LogP contribution in [0.1, 0.15) is 30.5 Å². The van der Waals surface area contributed by atoms with Crippen molar-refractivity contribution in [2.45, 2.75) is 37.5 Å². The highest BCUT2D eigenvalue weighted by Gasteiger charge is 2.33. The molecule has 4 rings (SSSR count). The van der Waals surface area contributed by atoms with E-state index in [-0.39, 0.29) is 18.0 Å². The Kier molecular flexibility index (Phi) is 8.47. The molecule has 0 atom stereocenters. The average Bonchev–Trinajstić information content (AvgIpc) is 2.77. The molecule has 0 spiro atoms. The van der Waals surface area contributed by atoms with Crippen LogP contribution in [0.3, 0.4) is 0 Å². The van der Waals surface area contributed by atoms with Gasteiger partial charge in [0.1, 0.15) is 16.9 Å². The van der Waals surface area contributed by atoms with E-state index in [9.17, 15) is 5.26 Å². The molecule has 0 N–H and O–H groups in total. The van der Waals surface area contributed by atoms with E-state index in [2.05, 4.69) is 34.6 Å². The van der Waals surface area contributed by atoms with Gasteiger partial charge in [-0.25, -0.2) is 4.98 Å². The SMILES string of the molecule is CSc1nc(N2CCN(CCN3CCOCC3)CC2)c2c(c1C#N)CC(C)(C)OC2.Cl. The summed E-state index contributed by atoms with van der Waals surface area (Å²) in [6.45, 7) is 14.8. The molecule has 3 aliphatic rings. The van der Waals surface area contributed by atoms with Crippen molar-refractivity contribution in [2.75, 3.05) is 76.7 Å². The number of pyridine rings is 1. The smallest absolute Gasteiger partial charge is 0.135 e. The molecule has 7 nitrogen and oxygen atoms in total. The Hall–Kier alpha value is -1.08. The number of hydrogen-bond acceptors (Lipinski definition) is 8. The minimum Gasteiger partial charge on any atom is -0.379 e. The summed E-state index contributed by atoms with van der Waals surface area (Å²) in [7, 11) is 0. The molecule has 0 saturated carbocycles. The number of nitriles is 1. The minimum atomic E-state index is -0.245. The second-order valence-corrected chi connectivity index (χ2v) is 9.69. The monoisotopic (exact) mass is 467 g/mol. The van der Waals surface area contributed by atoms with Gasteiger partial charge in [0, 0.05) is 64.3 Å². The summed E-state index contributed by atoms with van der Waals surface area (Å²) in [6, 6.07) is 2.42. The molecule has 0 radical (unpaired) electrons. The van der Waals surface area contributed by atoms with Crippen molar-refractivity contribution in [3.63, 3.8) is 0 Å². The number of fused-ring (bicyclic) bond motifs is 1. The molecule has 0 amide bonds. The number of anilines is 1. The van der Waals surface area contributed by atoms with Crippen molar-refractivity contribution >= 4 is 30.0 Å². The number of morpholine rings is 1. The Morgan fingerprint density at radius 3 is 2.29 bits per heavy atom. The fourth-order valence-electron chi connectivity index (χ4n) is 4.54.